The highest BCUT2D eigenvalue weighted by atomic mass is 35.5. The molecule has 0 aliphatic rings. The first-order valence-electron chi connectivity index (χ1n) is 8.34. The smallest absolute Gasteiger partial charge is 0.449 e. The van der Waals surface area contributed by atoms with Crippen LogP contribution < -0.4 is 9.47 Å². The lowest BCUT2D eigenvalue weighted by Gasteiger charge is -2.15. The van der Waals surface area contributed by atoms with Crippen LogP contribution in [-0.4, -0.2) is 21.2 Å². The van der Waals surface area contributed by atoms with Gasteiger partial charge in [-0.15, -0.1) is 0 Å². The molecule has 1 heterocycles. The third-order valence-electron chi connectivity index (χ3n) is 3.81. The average molecular weight is 479 g/mol. The maximum Gasteiger partial charge on any atom is 0.511 e. The molecule has 3 rings (SSSR count). The summed E-state index contributed by atoms with van der Waals surface area (Å²) in [6.07, 6.45) is -11.2. The molecule has 0 saturated carbocycles. The van der Waals surface area contributed by atoms with Gasteiger partial charge < -0.3 is 14.6 Å². The number of alkyl halides is 6. The number of halogens is 7. The molecule has 0 spiro atoms. The molecule has 6 nitrogen and oxygen atoms in total. The number of rotatable bonds is 4. The third-order valence-corrected chi connectivity index (χ3v) is 4.12. The van der Waals surface area contributed by atoms with Crippen molar-refractivity contribution in [2.24, 2.45) is 0 Å². The Morgan fingerprint density at radius 2 is 1.53 bits per heavy atom. The number of hydrogen-bond donors (Lipinski definition) is 1. The first-order chi connectivity index (χ1) is 14.8. The highest BCUT2D eigenvalue weighted by molar-refractivity contribution is 6.32. The maximum atomic E-state index is 13.1. The molecule has 13 heteroatoms. The van der Waals surface area contributed by atoms with E-state index in [4.69, 9.17) is 21.4 Å². The van der Waals surface area contributed by atoms with Gasteiger partial charge in [-0.05, 0) is 30.3 Å². The third kappa shape index (κ3) is 5.38. The monoisotopic (exact) mass is 478 g/mol. The maximum absolute atomic E-state index is 13.1. The van der Waals surface area contributed by atoms with Crippen molar-refractivity contribution >= 4 is 17.8 Å². The van der Waals surface area contributed by atoms with E-state index in [0.717, 1.165) is 6.20 Å². The van der Waals surface area contributed by atoms with Gasteiger partial charge in [0.2, 0.25) is 5.75 Å². The number of carboxylic acid groups (broad SMARTS) is 1. The van der Waals surface area contributed by atoms with Crippen molar-refractivity contribution in [3.8, 4) is 28.8 Å². The van der Waals surface area contributed by atoms with Gasteiger partial charge >= 0.3 is 18.5 Å². The molecule has 1 aromatic heterocycles. The quantitative estimate of drug-likeness (QED) is 0.332. The fourth-order valence-electron chi connectivity index (χ4n) is 2.45. The Kier molecular flexibility index (Phi) is 6.17. The average Bonchev–Trinajstić information content (AvgIpc) is 2.69. The van der Waals surface area contributed by atoms with Crippen LogP contribution in [0.1, 0.15) is 11.1 Å². The van der Waals surface area contributed by atoms with Crippen LogP contribution in [0.3, 0.4) is 0 Å². The fourth-order valence-corrected chi connectivity index (χ4v) is 2.62. The summed E-state index contributed by atoms with van der Waals surface area (Å²) in [6, 6.07) is 6.62. The Balaban J connectivity index is 2.16. The van der Waals surface area contributed by atoms with E-state index in [2.05, 4.69) is 14.7 Å². The minimum Gasteiger partial charge on any atom is -0.449 e. The summed E-state index contributed by atoms with van der Waals surface area (Å²) in [6.45, 7) is 0. The normalized spacial score (nSPS) is 11.8. The molecule has 0 radical (unpaired) electrons. The van der Waals surface area contributed by atoms with Crippen LogP contribution >= 0.6 is 11.6 Å². The molecule has 3 aromatic rings. The zero-order chi connectivity index (χ0) is 23.7. The zero-order valence-corrected chi connectivity index (χ0v) is 16.1. The summed E-state index contributed by atoms with van der Waals surface area (Å²) in [5.74, 6) is -1.81. The van der Waals surface area contributed by atoms with E-state index in [-0.39, 0.29) is 16.8 Å². The van der Waals surface area contributed by atoms with Crippen LogP contribution in [0.5, 0.6) is 17.4 Å². The van der Waals surface area contributed by atoms with Crippen LogP contribution in [0.15, 0.2) is 48.7 Å². The summed E-state index contributed by atoms with van der Waals surface area (Å²) in [5.41, 5.74) is -3.80. The number of nitrogens with zero attached hydrogens (tertiary/aromatic N) is 2. The van der Waals surface area contributed by atoms with Crippen molar-refractivity contribution in [2.45, 2.75) is 12.4 Å². The Hall–Kier alpha value is -3.54. The van der Waals surface area contributed by atoms with Crippen molar-refractivity contribution in [2.75, 3.05) is 0 Å². The number of benzene rings is 2. The molecule has 0 aliphatic heterocycles. The summed E-state index contributed by atoms with van der Waals surface area (Å²) >= 11 is 5.96. The van der Waals surface area contributed by atoms with Crippen LogP contribution in [0.2, 0.25) is 5.02 Å². The van der Waals surface area contributed by atoms with Gasteiger partial charge in [0.05, 0.1) is 22.3 Å². The van der Waals surface area contributed by atoms with E-state index in [9.17, 15) is 31.1 Å². The van der Waals surface area contributed by atoms with Crippen molar-refractivity contribution in [3.63, 3.8) is 0 Å². The molecule has 1 N–H and O–H groups in total. The van der Waals surface area contributed by atoms with Crippen LogP contribution in [0.4, 0.5) is 31.1 Å². The predicted molar refractivity (Wildman–Crippen MR) is 97.7 cm³/mol. The molecule has 2 aromatic carbocycles. The number of carbonyl (C=O) groups is 1. The van der Waals surface area contributed by atoms with Crippen LogP contribution in [0.25, 0.3) is 11.4 Å². The summed E-state index contributed by atoms with van der Waals surface area (Å²) in [4.78, 5) is 18.3. The molecular formula is C19H9ClF6N2O4. The van der Waals surface area contributed by atoms with E-state index >= 15 is 0 Å². The predicted octanol–water partition coefficient (Wildman–Crippen LogP) is 6.68. The van der Waals surface area contributed by atoms with Gasteiger partial charge in [-0.2, -0.15) is 31.3 Å². The highest BCUT2D eigenvalue weighted by Gasteiger charge is 2.37. The first-order valence-corrected chi connectivity index (χ1v) is 8.72. The number of para-hydroxylation sites is 1. The molecule has 0 fully saturated rings. The van der Waals surface area contributed by atoms with E-state index in [1.807, 2.05) is 0 Å². The molecule has 0 saturated heterocycles. The number of aromatic nitrogens is 2. The van der Waals surface area contributed by atoms with Gasteiger partial charge in [0.15, 0.2) is 5.82 Å². The topological polar surface area (TPSA) is 81.5 Å². The summed E-state index contributed by atoms with van der Waals surface area (Å²) in [7, 11) is 0. The molecular weight excluding hydrogens is 470 g/mol. The number of ether oxygens (including phenoxy) is 2. The van der Waals surface area contributed by atoms with Crippen LogP contribution in [0, 0.1) is 0 Å². The first kappa shape index (κ1) is 23.1. The molecule has 0 atom stereocenters. The Morgan fingerprint density at radius 3 is 2.06 bits per heavy atom. The standard InChI is InChI=1S/C19H9ClF6N2O4/c20-12-3-1-2-4-13(12)31-16-14(32-17(29)30)8-27-15(28-16)9-5-10(18(21,22)23)7-11(6-9)19(24,25)26/h1-8H,(H,29,30). The minimum absolute atomic E-state index is 0.0333. The van der Waals surface area contributed by atoms with Gasteiger partial charge in [-0.1, -0.05) is 23.7 Å². The van der Waals surface area contributed by atoms with E-state index in [0.29, 0.717) is 12.1 Å². The number of hydrogen-bond acceptors (Lipinski definition) is 5. The lowest BCUT2D eigenvalue weighted by atomic mass is 10.0. The lowest BCUT2D eigenvalue weighted by molar-refractivity contribution is -0.143. The Labute approximate surface area is 180 Å². The Bertz CT molecular complexity index is 1140. The molecule has 0 aliphatic carbocycles. The second-order valence-corrected chi connectivity index (χ2v) is 6.47. The molecule has 0 unspecified atom stereocenters. The van der Waals surface area contributed by atoms with Gasteiger partial charge in [0, 0.05) is 5.56 Å². The second kappa shape index (κ2) is 8.54. The van der Waals surface area contributed by atoms with Crippen molar-refractivity contribution in [1.82, 2.24) is 9.97 Å². The minimum atomic E-state index is -5.08. The lowest BCUT2D eigenvalue weighted by Crippen LogP contribution is -2.11. The van der Waals surface area contributed by atoms with Crippen molar-refractivity contribution < 1.29 is 45.7 Å². The van der Waals surface area contributed by atoms with Gasteiger partial charge in [0.25, 0.3) is 5.88 Å². The van der Waals surface area contributed by atoms with Crippen LogP contribution in [-0.2, 0) is 12.4 Å². The Morgan fingerprint density at radius 1 is 0.938 bits per heavy atom. The van der Waals surface area contributed by atoms with E-state index in [1.54, 1.807) is 6.07 Å². The summed E-state index contributed by atoms with van der Waals surface area (Å²) in [5, 5.41) is 8.90. The fraction of sp³-hybridized carbons (Fsp3) is 0.105. The molecule has 0 amide bonds. The zero-order valence-electron chi connectivity index (χ0n) is 15.3. The summed E-state index contributed by atoms with van der Waals surface area (Å²) < 4.78 is 88.7. The second-order valence-electron chi connectivity index (χ2n) is 6.06. The van der Waals surface area contributed by atoms with Gasteiger partial charge in [0.1, 0.15) is 5.75 Å². The molecule has 0 bridgehead atoms. The SMILES string of the molecule is O=C(O)Oc1cnc(-c2cc(C(F)(F)F)cc(C(F)(F)F)c2)nc1Oc1ccccc1Cl. The van der Waals surface area contributed by atoms with E-state index in [1.165, 1.54) is 18.2 Å². The highest BCUT2D eigenvalue weighted by Crippen LogP contribution is 2.39. The van der Waals surface area contributed by atoms with Gasteiger partial charge in [-0.3, -0.25) is 0 Å². The van der Waals surface area contributed by atoms with E-state index < -0.39 is 52.7 Å². The largest absolute Gasteiger partial charge is 0.511 e. The van der Waals surface area contributed by atoms with Crippen molar-refractivity contribution in [3.05, 3.63) is 64.8 Å². The van der Waals surface area contributed by atoms with Crippen molar-refractivity contribution in [1.29, 1.82) is 0 Å². The molecule has 168 valence electrons. The molecule has 32 heavy (non-hydrogen) atoms. The van der Waals surface area contributed by atoms with Gasteiger partial charge in [-0.25, -0.2) is 9.78 Å².